The van der Waals surface area contributed by atoms with Crippen LogP contribution in [0.15, 0.2) is 45.1 Å². The number of nitrogens with zero attached hydrogens (tertiary/aromatic N) is 2. The maximum atomic E-state index is 12.6. The maximum absolute atomic E-state index is 12.6. The number of aliphatic imine (C=N–C) groups is 1. The summed E-state index contributed by atoms with van der Waals surface area (Å²) in [5.41, 5.74) is -0.0307. The van der Waals surface area contributed by atoms with E-state index in [0.717, 1.165) is 33.4 Å². The van der Waals surface area contributed by atoms with E-state index in [1.54, 1.807) is 7.05 Å². The molecular formula is C18H20F3IN4OS. The average Bonchev–Trinajstić information content (AvgIpc) is 3.27. The number of thiazole rings is 1. The summed E-state index contributed by atoms with van der Waals surface area (Å²) < 4.78 is 43.6. The van der Waals surface area contributed by atoms with E-state index in [4.69, 9.17) is 4.42 Å². The number of nitrogens with one attached hydrogen (secondary N) is 2. The van der Waals surface area contributed by atoms with Gasteiger partial charge in [0.05, 0.1) is 11.0 Å². The molecule has 2 N–H and O–H groups in total. The smallest absolute Gasteiger partial charge is 0.434 e. The molecule has 2 heterocycles. The van der Waals surface area contributed by atoms with Gasteiger partial charge in [-0.2, -0.15) is 13.2 Å². The summed E-state index contributed by atoms with van der Waals surface area (Å²) >= 11 is 1.00. The van der Waals surface area contributed by atoms with E-state index >= 15 is 0 Å². The van der Waals surface area contributed by atoms with Crippen molar-refractivity contribution in [2.45, 2.75) is 25.6 Å². The number of fused-ring (bicyclic) bond motifs is 1. The molecule has 28 heavy (non-hydrogen) atoms. The Morgan fingerprint density at radius 3 is 2.71 bits per heavy atom. The van der Waals surface area contributed by atoms with E-state index in [2.05, 4.69) is 20.6 Å². The van der Waals surface area contributed by atoms with Crippen LogP contribution in [0.25, 0.3) is 11.0 Å². The normalized spacial score (nSPS) is 13.2. The molecule has 0 saturated carbocycles. The number of halogens is 4. The molecule has 0 spiro atoms. The van der Waals surface area contributed by atoms with Crippen LogP contribution in [0.2, 0.25) is 0 Å². The molecule has 0 aliphatic rings. The van der Waals surface area contributed by atoms with Crippen LogP contribution < -0.4 is 10.6 Å². The molecule has 1 atom stereocenters. The van der Waals surface area contributed by atoms with Gasteiger partial charge in [0.25, 0.3) is 0 Å². The summed E-state index contributed by atoms with van der Waals surface area (Å²) in [5.74, 6) is 1.31. The fraction of sp³-hybridized carbons (Fsp3) is 0.333. The van der Waals surface area contributed by atoms with Gasteiger partial charge in [-0.15, -0.1) is 35.3 Å². The lowest BCUT2D eigenvalue weighted by Gasteiger charge is -2.16. The largest absolute Gasteiger partial charge is 0.459 e. The minimum absolute atomic E-state index is 0. The molecule has 2 aromatic heterocycles. The Morgan fingerprint density at radius 1 is 1.32 bits per heavy atom. The molecule has 0 saturated heterocycles. The van der Waals surface area contributed by atoms with Gasteiger partial charge in [0.2, 0.25) is 0 Å². The predicted molar refractivity (Wildman–Crippen MR) is 115 cm³/mol. The van der Waals surface area contributed by atoms with Crippen LogP contribution in [-0.4, -0.2) is 24.5 Å². The number of para-hydroxylation sites is 1. The van der Waals surface area contributed by atoms with Crippen molar-refractivity contribution in [1.29, 1.82) is 0 Å². The molecule has 152 valence electrons. The molecule has 10 heteroatoms. The SMILES string of the molecule is CN=C(NCCc1nc(C(F)(F)F)cs1)NC(C)c1cc2ccccc2o1.I. The zero-order valence-corrected chi connectivity index (χ0v) is 18.4. The van der Waals surface area contributed by atoms with Gasteiger partial charge in [-0.1, -0.05) is 18.2 Å². The minimum Gasteiger partial charge on any atom is -0.459 e. The van der Waals surface area contributed by atoms with Gasteiger partial charge in [-0.3, -0.25) is 4.99 Å². The number of aromatic nitrogens is 1. The van der Waals surface area contributed by atoms with Crippen LogP contribution in [0.3, 0.4) is 0 Å². The number of hydrogen-bond donors (Lipinski definition) is 2. The van der Waals surface area contributed by atoms with Crippen molar-refractivity contribution in [3.8, 4) is 0 Å². The molecule has 3 aromatic rings. The fourth-order valence-electron chi connectivity index (χ4n) is 2.53. The molecule has 0 bridgehead atoms. The summed E-state index contributed by atoms with van der Waals surface area (Å²) in [4.78, 5) is 7.75. The summed E-state index contributed by atoms with van der Waals surface area (Å²) in [7, 11) is 1.63. The highest BCUT2D eigenvalue weighted by Gasteiger charge is 2.33. The summed E-state index contributed by atoms with van der Waals surface area (Å²) in [6.45, 7) is 2.36. The Labute approximate surface area is 181 Å². The van der Waals surface area contributed by atoms with Crippen molar-refractivity contribution in [3.05, 3.63) is 52.2 Å². The van der Waals surface area contributed by atoms with Crippen molar-refractivity contribution < 1.29 is 17.6 Å². The molecule has 0 aliphatic heterocycles. The molecule has 0 fully saturated rings. The molecule has 5 nitrogen and oxygen atoms in total. The van der Waals surface area contributed by atoms with E-state index in [-0.39, 0.29) is 30.0 Å². The minimum atomic E-state index is -4.40. The molecule has 0 aliphatic carbocycles. The Kier molecular flexibility index (Phi) is 7.70. The van der Waals surface area contributed by atoms with Crippen LogP contribution in [0.1, 0.15) is 29.4 Å². The topological polar surface area (TPSA) is 62.5 Å². The van der Waals surface area contributed by atoms with Crippen molar-refractivity contribution in [2.24, 2.45) is 4.99 Å². The standard InChI is InChI=1S/C18H19F3N4OS.HI/c1-11(14-9-12-5-3-4-6-13(12)26-14)24-17(22-2)23-8-7-16-25-15(10-27-16)18(19,20)21;/h3-6,9-11H,7-8H2,1-2H3,(H2,22,23,24);1H. The highest BCUT2D eigenvalue weighted by molar-refractivity contribution is 14.0. The van der Waals surface area contributed by atoms with Crippen molar-refractivity contribution in [1.82, 2.24) is 15.6 Å². The Bertz CT molecular complexity index is 905. The van der Waals surface area contributed by atoms with Gasteiger partial charge >= 0.3 is 6.18 Å². The van der Waals surface area contributed by atoms with Crippen molar-refractivity contribution in [2.75, 3.05) is 13.6 Å². The number of hydrogen-bond acceptors (Lipinski definition) is 4. The quantitative estimate of drug-likeness (QED) is 0.281. The van der Waals surface area contributed by atoms with Crippen LogP contribution in [0.4, 0.5) is 13.2 Å². The Balaban J connectivity index is 0.00000280. The average molecular weight is 524 g/mol. The van der Waals surface area contributed by atoms with Crippen LogP contribution in [0.5, 0.6) is 0 Å². The third-order valence-electron chi connectivity index (χ3n) is 3.92. The third kappa shape index (κ3) is 5.60. The van der Waals surface area contributed by atoms with E-state index in [0.29, 0.717) is 23.9 Å². The molecule has 1 aromatic carbocycles. The van der Waals surface area contributed by atoms with Gasteiger partial charge < -0.3 is 15.1 Å². The summed E-state index contributed by atoms with van der Waals surface area (Å²) in [6.07, 6.45) is -4.03. The molecular weight excluding hydrogens is 504 g/mol. The second-order valence-corrected chi connectivity index (χ2v) is 6.87. The van der Waals surface area contributed by atoms with Crippen LogP contribution >= 0.6 is 35.3 Å². The molecule has 0 amide bonds. The number of furan rings is 1. The number of guanidine groups is 1. The second kappa shape index (κ2) is 9.59. The molecule has 3 rings (SSSR count). The number of benzene rings is 1. The van der Waals surface area contributed by atoms with Crippen molar-refractivity contribution in [3.63, 3.8) is 0 Å². The fourth-order valence-corrected chi connectivity index (χ4v) is 3.34. The second-order valence-electron chi connectivity index (χ2n) is 5.93. The van der Waals surface area contributed by atoms with Gasteiger partial charge in [-0.05, 0) is 19.1 Å². The van der Waals surface area contributed by atoms with Crippen molar-refractivity contribution >= 4 is 52.2 Å². The first-order valence-electron chi connectivity index (χ1n) is 8.34. The van der Waals surface area contributed by atoms with E-state index in [1.807, 2.05) is 37.3 Å². The first-order valence-corrected chi connectivity index (χ1v) is 9.22. The van der Waals surface area contributed by atoms with Gasteiger partial charge in [0, 0.05) is 30.8 Å². The summed E-state index contributed by atoms with van der Waals surface area (Å²) in [6, 6.07) is 9.59. The first kappa shape index (κ1) is 22.5. The van der Waals surface area contributed by atoms with E-state index in [9.17, 15) is 13.2 Å². The zero-order valence-electron chi connectivity index (χ0n) is 15.2. The summed E-state index contributed by atoms with van der Waals surface area (Å²) in [5, 5.41) is 8.77. The van der Waals surface area contributed by atoms with Crippen LogP contribution in [-0.2, 0) is 12.6 Å². The monoisotopic (exact) mass is 524 g/mol. The third-order valence-corrected chi connectivity index (χ3v) is 4.83. The highest BCUT2D eigenvalue weighted by Crippen LogP contribution is 2.30. The predicted octanol–water partition coefficient (Wildman–Crippen LogP) is 4.99. The molecule has 0 radical (unpaired) electrons. The van der Waals surface area contributed by atoms with E-state index in [1.165, 1.54) is 0 Å². The maximum Gasteiger partial charge on any atom is 0.434 e. The van der Waals surface area contributed by atoms with Gasteiger partial charge in [-0.25, -0.2) is 4.98 Å². The molecule has 1 unspecified atom stereocenters. The Hall–Kier alpha value is -1.82. The van der Waals surface area contributed by atoms with Gasteiger partial charge in [0.15, 0.2) is 11.7 Å². The Morgan fingerprint density at radius 2 is 2.07 bits per heavy atom. The number of rotatable bonds is 5. The van der Waals surface area contributed by atoms with Gasteiger partial charge in [0.1, 0.15) is 11.3 Å². The zero-order chi connectivity index (χ0) is 19.4. The lowest BCUT2D eigenvalue weighted by atomic mass is 10.2. The first-order chi connectivity index (χ1) is 12.9. The number of alkyl halides is 3. The highest BCUT2D eigenvalue weighted by atomic mass is 127. The van der Waals surface area contributed by atoms with E-state index < -0.39 is 11.9 Å². The van der Waals surface area contributed by atoms with Crippen LogP contribution in [0, 0.1) is 0 Å². The lowest BCUT2D eigenvalue weighted by molar-refractivity contribution is -0.140. The lowest BCUT2D eigenvalue weighted by Crippen LogP contribution is -2.39.